The summed E-state index contributed by atoms with van der Waals surface area (Å²) in [6, 6.07) is -1.20. The van der Waals surface area contributed by atoms with Gasteiger partial charge in [0.2, 0.25) is 0 Å². The van der Waals surface area contributed by atoms with E-state index < -0.39 is 16.5 Å². The third kappa shape index (κ3) is 8.92. The smallest absolute Gasteiger partial charge is 0.349 e. The van der Waals surface area contributed by atoms with Crippen molar-refractivity contribution in [3.63, 3.8) is 0 Å². The second-order valence-corrected chi connectivity index (χ2v) is 1.26. The van der Waals surface area contributed by atoms with Gasteiger partial charge in [0, 0.05) is 0 Å². The van der Waals surface area contributed by atoms with Gasteiger partial charge in [0.15, 0.2) is 0 Å². The molecule has 0 heterocycles. The Morgan fingerprint density at radius 2 is 1.88 bits per heavy atom. The molecule has 0 aromatic carbocycles. The second kappa shape index (κ2) is 4.25. The molecule has 0 fully saturated rings. The van der Waals surface area contributed by atoms with Crippen molar-refractivity contribution in [3.8, 4) is 0 Å². The topological polar surface area (TPSA) is 89.6 Å². The molecule has 2 amide bonds. The lowest BCUT2D eigenvalue weighted by Crippen LogP contribution is -2.02. The quantitative estimate of drug-likeness (QED) is 0.501. The van der Waals surface area contributed by atoms with Gasteiger partial charge < -0.3 is 5.73 Å². The first-order valence-corrected chi connectivity index (χ1v) is 2.26. The number of nitrogens with two attached hydrogens (primary N) is 1. The molecule has 2 N–H and O–H groups in total. The minimum Gasteiger partial charge on any atom is -0.349 e. The van der Waals surface area contributed by atoms with Crippen LogP contribution < -0.4 is 5.73 Å². The number of carbonyl (C=O) groups is 1. The van der Waals surface area contributed by atoms with E-state index in [9.17, 15) is 13.2 Å². The summed E-state index contributed by atoms with van der Waals surface area (Å²) in [5, 5.41) is 0. The zero-order valence-electron chi connectivity index (χ0n) is 3.16. The molecule has 8 heavy (non-hydrogen) atoms. The molecule has 0 atom stereocenters. The molecule has 0 radical (unpaired) electrons. The monoisotopic (exact) mass is 138 g/mol. The molecule has 0 aromatic rings. The summed E-state index contributed by atoms with van der Waals surface area (Å²) in [4.78, 5) is 9.47. The number of hydrogen-bond donors (Lipinski definition) is 1. The van der Waals surface area contributed by atoms with Crippen LogP contribution >= 0.6 is 0 Å². The van der Waals surface area contributed by atoms with Gasteiger partial charge in [-0.2, -0.15) is 8.42 Å². The molecule has 0 aromatic heterocycles. The second-order valence-electron chi connectivity index (χ2n) is 0.647. The molecule has 0 rings (SSSR count). The molecule has 6 heteroatoms. The molecule has 0 bridgehead atoms. The predicted octanol–water partition coefficient (Wildman–Crippen LogP) is -0.236. The molecule has 5 nitrogen and oxygen atoms in total. The summed E-state index contributed by atoms with van der Waals surface area (Å²) in [5.41, 5.74) is 4.29. The maximum Gasteiger partial charge on any atom is 0.353 e. The molecule has 0 aliphatic rings. The molecule has 0 aliphatic heterocycles. The van der Waals surface area contributed by atoms with Crippen LogP contribution in [0, 0.1) is 0 Å². The summed E-state index contributed by atoms with van der Waals surface area (Å²) in [5.74, 6) is 0. The van der Waals surface area contributed by atoms with Crippen molar-refractivity contribution in [2.24, 2.45) is 10.1 Å². The third-order valence-electron chi connectivity index (χ3n) is 0.165. The summed E-state index contributed by atoms with van der Waals surface area (Å²) >= 11 is 0. The molecule has 0 saturated carbocycles. The fourth-order valence-electron chi connectivity index (χ4n) is 0.0735. The van der Waals surface area contributed by atoms with Crippen LogP contribution in [0.4, 0.5) is 4.79 Å². The largest absolute Gasteiger partial charge is 0.353 e. The lowest BCUT2D eigenvalue weighted by atomic mass is 11.2. The predicted molar refractivity (Wildman–Crippen MR) is 27.7 cm³/mol. The lowest BCUT2D eigenvalue weighted by Gasteiger charge is -1.64. The zero-order chi connectivity index (χ0) is 5.86. The van der Waals surface area contributed by atoms with Gasteiger partial charge in [0.1, 0.15) is 0 Å². The Bertz CT molecular complexity index is 183. The van der Waals surface area contributed by atoms with Crippen molar-refractivity contribution in [2.45, 2.75) is 7.43 Å². The van der Waals surface area contributed by atoms with E-state index in [-0.39, 0.29) is 7.43 Å². The molecule has 0 saturated heterocycles. The Labute approximate surface area is 48.2 Å². The average Bonchev–Trinajstić information content (AvgIpc) is 1.27. The van der Waals surface area contributed by atoms with Crippen LogP contribution in [0.25, 0.3) is 0 Å². The van der Waals surface area contributed by atoms with Gasteiger partial charge in [0.05, 0.1) is 0 Å². The minimum atomic E-state index is -2.70. The molecule has 0 unspecified atom stereocenters. The SMILES string of the molecule is C.NC(=O)N=S(=O)=O. The Morgan fingerprint density at radius 3 is 1.88 bits per heavy atom. The summed E-state index contributed by atoms with van der Waals surface area (Å²) in [6.45, 7) is 0. The Morgan fingerprint density at radius 1 is 1.50 bits per heavy atom. The third-order valence-corrected chi connectivity index (χ3v) is 0.494. The fraction of sp³-hybridized carbons (Fsp3) is 0.500. The van der Waals surface area contributed by atoms with Crippen LogP contribution in [0.1, 0.15) is 7.43 Å². The van der Waals surface area contributed by atoms with Gasteiger partial charge in [0.25, 0.3) is 0 Å². The van der Waals surface area contributed by atoms with Crippen LogP contribution in [-0.4, -0.2) is 14.4 Å². The number of nitrogens with zero attached hydrogens (tertiary/aromatic N) is 1. The molecule has 0 aliphatic carbocycles. The van der Waals surface area contributed by atoms with E-state index >= 15 is 0 Å². The van der Waals surface area contributed by atoms with E-state index in [1.807, 2.05) is 0 Å². The lowest BCUT2D eigenvalue weighted by molar-refractivity contribution is 0.257. The maximum atomic E-state index is 9.47. The maximum absolute atomic E-state index is 9.47. The number of carbonyl (C=O) groups excluding carboxylic acids is 1. The van der Waals surface area contributed by atoms with Crippen molar-refractivity contribution in [2.75, 3.05) is 0 Å². The first-order chi connectivity index (χ1) is 3.13. The van der Waals surface area contributed by atoms with Crippen LogP contribution in [-0.2, 0) is 10.5 Å². The van der Waals surface area contributed by atoms with Gasteiger partial charge in [-0.05, 0) is 0 Å². The summed E-state index contributed by atoms with van der Waals surface area (Å²) < 4.78 is 21.0. The van der Waals surface area contributed by atoms with Crippen molar-refractivity contribution in [3.05, 3.63) is 0 Å². The Hall–Kier alpha value is -0.910. The van der Waals surface area contributed by atoms with Gasteiger partial charge in [-0.3, -0.25) is 0 Å². The Kier molecular flexibility index (Phi) is 5.40. The minimum absolute atomic E-state index is 0. The van der Waals surface area contributed by atoms with E-state index in [0.717, 1.165) is 0 Å². The number of hydrogen-bond acceptors (Lipinski definition) is 3. The zero-order valence-corrected chi connectivity index (χ0v) is 3.97. The first kappa shape index (κ1) is 10.1. The highest BCUT2D eigenvalue weighted by atomic mass is 32.2. The number of primary amides is 1. The highest BCUT2D eigenvalue weighted by molar-refractivity contribution is 7.62. The standard InChI is InChI=1S/CH2N2O3S.CH4/c2-1(4)3-7(5)6;/h(H2,2,4);1H4. The molecule has 48 valence electrons. The van der Waals surface area contributed by atoms with E-state index in [1.165, 1.54) is 0 Å². The normalized spacial score (nSPS) is 6.50. The van der Waals surface area contributed by atoms with Crippen molar-refractivity contribution >= 4 is 16.5 Å². The van der Waals surface area contributed by atoms with Crippen LogP contribution in [0.5, 0.6) is 0 Å². The summed E-state index contributed by atoms with van der Waals surface area (Å²) in [7, 11) is -2.70. The van der Waals surface area contributed by atoms with Crippen molar-refractivity contribution < 1.29 is 13.2 Å². The van der Waals surface area contributed by atoms with E-state index in [0.29, 0.717) is 0 Å². The molecular formula is C2H6N2O3S. The average molecular weight is 138 g/mol. The molecular weight excluding hydrogens is 132 g/mol. The van der Waals surface area contributed by atoms with Crippen LogP contribution in [0.3, 0.4) is 0 Å². The van der Waals surface area contributed by atoms with Crippen LogP contribution in [0.15, 0.2) is 4.36 Å². The van der Waals surface area contributed by atoms with Crippen molar-refractivity contribution in [1.29, 1.82) is 0 Å². The van der Waals surface area contributed by atoms with E-state index in [4.69, 9.17) is 0 Å². The van der Waals surface area contributed by atoms with Gasteiger partial charge in [-0.25, -0.2) is 4.79 Å². The number of rotatable bonds is 0. The van der Waals surface area contributed by atoms with Gasteiger partial charge in [-0.15, -0.1) is 0 Å². The Balaban J connectivity index is 0. The number of amides is 2. The fourth-order valence-corrected chi connectivity index (χ4v) is 0.220. The van der Waals surface area contributed by atoms with Gasteiger partial charge >= 0.3 is 16.5 Å². The highest BCUT2D eigenvalue weighted by Crippen LogP contribution is 1.60. The summed E-state index contributed by atoms with van der Waals surface area (Å²) in [6.07, 6.45) is 0. The van der Waals surface area contributed by atoms with E-state index in [1.54, 1.807) is 0 Å². The number of urea groups is 1. The highest BCUT2D eigenvalue weighted by Gasteiger charge is 1.80. The van der Waals surface area contributed by atoms with Crippen molar-refractivity contribution in [1.82, 2.24) is 0 Å². The van der Waals surface area contributed by atoms with Gasteiger partial charge in [-0.1, -0.05) is 11.8 Å². The van der Waals surface area contributed by atoms with Crippen LogP contribution in [0.2, 0.25) is 0 Å². The van der Waals surface area contributed by atoms with E-state index in [2.05, 4.69) is 10.1 Å². The first-order valence-electron chi connectivity index (χ1n) is 1.23. The molecule has 0 spiro atoms.